The molecule has 18 heavy (non-hydrogen) atoms. The van der Waals surface area contributed by atoms with Crippen LogP contribution >= 0.6 is 11.3 Å². The van der Waals surface area contributed by atoms with E-state index in [1.165, 1.54) is 34.4 Å². The molecule has 0 bridgehead atoms. The van der Waals surface area contributed by atoms with Crippen LogP contribution in [0.3, 0.4) is 0 Å². The van der Waals surface area contributed by atoms with E-state index >= 15 is 0 Å². The number of hydrogen-bond acceptors (Lipinski definition) is 5. The predicted molar refractivity (Wildman–Crippen MR) is 67.7 cm³/mol. The largest absolute Gasteiger partial charge is 0.508 e. The highest BCUT2D eigenvalue weighted by Gasteiger charge is 2.14. The Bertz CT molecular complexity index is 534. The van der Waals surface area contributed by atoms with Gasteiger partial charge in [-0.15, -0.1) is 11.3 Å². The average Bonchev–Trinajstić information content (AvgIpc) is 2.79. The van der Waals surface area contributed by atoms with Crippen LogP contribution in [0.4, 0.5) is 0 Å². The van der Waals surface area contributed by atoms with Crippen LogP contribution in [0.5, 0.6) is 11.5 Å². The van der Waals surface area contributed by atoms with Crippen molar-refractivity contribution in [1.82, 2.24) is 9.88 Å². The van der Waals surface area contributed by atoms with Crippen molar-refractivity contribution in [2.45, 2.75) is 6.54 Å². The van der Waals surface area contributed by atoms with E-state index in [1.807, 2.05) is 5.38 Å². The maximum absolute atomic E-state index is 12.1. The van der Waals surface area contributed by atoms with E-state index in [4.69, 9.17) is 0 Å². The summed E-state index contributed by atoms with van der Waals surface area (Å²) in [6, 6.07) is 3.82. The molecule has 2 aromatic rings. The van der Waals surface area contributed by atoms with Gasteiger partial charge in [0.2, 0.25) is 0 Å². The number of hydrogen-bond donors (Lipinski definition) is 2. The molecular formula is C12H12N2O3S. The van der Waals surface area contributed by atoms with Gasteiger partial charge in [-0.3, -0.25) is 4.79 Å². The number of thiazole rings is 1. The number of nitrogens with zero attached hydrogens (tertiary/aromatic N) is 2. The van der Waals surface area contributed by atoms with Crippen molar-refractivity contribution in [2.24, 2.45) is 0 Å². The molecule has 0 aliphatic rings. The lowest BCUT2D eigenvalue weighted by Crippen LogP contribution is -2.26. The van der Waals surface area contributed by atoms with Gasteiger partial charge in [-0.05, 0) is 12.1 Å². The number of aromatic nitrogens is 1. The lowest BCUT2D eigenvalue weighted by molar-refractivity contribution is 0.0783. The highest BCUT2D eigenvalue weighted by Crippen LogP contribution is 2.21. The normalized spacial score (nSPS) is 10.3. The predicted octanol–water partition coefficient (Wildman–Crippen LogP) is 1.83. The lowest BCUT2D eigenvalue weighted by atomic mass is 10.1. The van der Waals surface area contributed by atoms with E-state index in [-0.39, 0.29) is 23.0 Å². The van der Waals surface area contributed by atoms with E-state index in [2.05, 4.69) is 4.98 Å². The minimum atomic E-state index is -0.283. The van der Waals surface area contributed by atoms with E-state index in [0.29, 0.717) is 6.54 Å². The van der Waals surface area contributed by atoms with Gasteiger partial charge in [0.15, 0.2) is 0 Å². The molecule has 0 aliphatic heterocycles. The fourth-order valence-corrected chi connectivity index (χ4v) is 2.12. The molecule has 2 rings (SSSR count). The second-order valence-corrected chi connectivity index (χ2v) is 4.60. The van der Waals surface area contributed by atoms with E-state index in [9.17, 15) is 15.0 Å². The number of phenolic OH excluding ortho intramolecular Hbond substituents is 2. The molecule has 2 N–H and O–H groups in total. The van der Waals surface area contributed by atoms with Gasteiger partial charge in [-0.25, -0.2) is 4.98 Å². The molecule has 0 spiro atoms. The molecule has 1 heterocycles. The molecule has 1 aromatic carbocycles. The first-order valence-corrected chi connectivity index (χ1v) is 6.16. The van der Waals surface area contributed by atoms with Gasteiger partial charge in [-0.1, -0.05) is 0 Å². The minimum Gasteiger partial charge on any atom is -0.508 e. The first kappa shape index (κ1) is 12.4. The van der Waals surface area contributed by atoms with Crippen molar-refractivity contribution in [3.63, 3.8) is 0 Å². The van der Waals surface area contributed by atoms with Crippen molar-refractivity contribution >= 4 is 17.2 Å². The van der Waals surface area contributed by atoms with Crippen LogP contribution in [0.15, 0.2) is 29.1 Å². The summed E-state index contributed by atoms with van der Waals surface area (Å²) in [7, 11) is 1.64. The van der Waals surface area contributed by atoms with Crippen molar-refractivity contribution in [3.05, 3.63) is 40.3 Å². The molecule has 0 aliphatic carbocycles. The summed E-state index contributed by atoms with van der Waals surface area (Å²) >= 11 is 1.46. The monoisotopic (exact) mass is 264 g/mol. The molecule has 1 amide bonds. The van der Waals surface area contributed by atoms with E-state index in [1.54, 1.807) is 12.6 Å². The zero-order chi connectivity index (χ0) is 13.1. The Hall–Kier alpha value is -2.08. The van der Waals surface area contributed by atoms with Crippen LogP contribution in [0.2, 0.25) is 0 Å². The highest BCUT2D eigenvalue weighted by atomic mass is 32.1. The summed E-state index contributed by atoms with van der Waals surface area (Å²) in [5.74, 6) is -0.560. The van der Waals surface area contributed by atoms with Crippen LogP contribution in [-0.4, -0.2) is 33.1 Å². The Morgan fingerprint density at radius 1 is 1.33 bits per heavy atom. The maximum atomic E-state index is 12.1. The Morgan fingerprint density at radius 3 is 2.56 bits per heavy atom. The average molecular weight is 264 g/mol. The van der Waals surface area contributed by atoms with Gasteiger partial charge in [0, 0.05) is 24.1 Å². The molecule has 6 heteroatoms. The quantitative estimate of drug-likeness (QED) is 0.887. The van der Waals surface area contributed by atoms with Gasteiger partial charge < -0.3 is 15.1 Å². The van der Waals surface area contributed by atoms with E-state index in [0.717, 1.165) is 5.69 Å². The molecule has 1 aromatic heterocycles. The molecule has 5 nitrogen and oxygen atoms in total. The van der Waals surface area contributed by atoms with Crippen LogP contribution in [-0.2, 0) is 6.54 Å². The number of carbonyl (C=O) groups is 1. The molecular weight excluding hydrogens is 252 g/mol. The number of carbonyl (C=O) groups excluding carboxylic acids is 1. The molecule has 0 saturated carbocycles. The standard InChI is InChI=1S/C12H12N2O3S/c1-14(5-9-6-18-7-13-9)12(17)8-2-10(15)4-11(16)3-8/h2-4,6-7,15-16H,5H2,1H3. The SMILES string of the molecule is CN(Cc1cscn1)C(=O)c1cc(O)cc(O)c1. The summed E-state index contributed by atoms with van der Waals surface area (Å²) in [5, 5.41) is 20.5. The van der Waals surface area contributed by atoms with Crippen LogP contribution in [0, 0.1) is 0 Å². The van der Waals surface area contributed by atoms with Gasteiger partial charge in [0.25, 0.3) is 5.91 Å². The lowest BCUT2D eigenvalue weighted by Gasteiger charge is -2.16. The Labute approximate surface area is 108 Å². The fraction of sp³-hybridized carbons (Fsp3) is 0.167. The topological polar surface area (TPSA) is 73.7 Å². The second kappa shape index (κ2) is 5.05. The maximum Gasteiger partial charge on any atom is 0.254 e. The molecule has 0 radical (unpaired) electrons. The molecule has 0 unspecified atom stereocenters. The van der Waals surface area contributed by atoms with Crippen LogP contribution in [0.25, 0.3) is 0 Å². The highest BCUT2D eigenvalue weighted by molar-refractivity contribution is 7.07. The first-order valence-electron chi connectivity index (χ1n) is 5.22. The summed E-state index contributed by atoms with van der Waals surface area (Å²) in [6.07, 6.45) is 0. The summed E-state index contributed by atoms with van der Waals surface area (Å²) < 4.78 is 0. The number of aromatic hydroxyl groups is 2. The number of benzene rings is 1. The number of phenols is 2. The second-order valence-electron chi connectivity index (χ2n) is 3.88. The third-order valence-electron chi connectivity index (χ3n) is 2.38. The summed E-state index contributed by atoms with van der Waals surface area (Å²) in [5.41, 5.74) is 2.75. The smallest absolute Gasteiger partial charge is 0.254 e. The third-order valence-corrected chi connectivity index (χ3v) is 3.01. The first-order chi connectivity index (χ1) is 8.56. The van der Waals surface area contributed by atoms with Gasteiger partial charge in [0.1, 0.15) is 11.5 Å². The van der Waals surface area contributed by atoms with Crippen LogP contribution in [0.1, 0.15) is 16.1 Å². The van der Waals surface area contributed by atoms with Crippen LogP contribution < -0.4 is 0 Å². The van der Waals surface area contributed by atoms with Crippen molar-refractivity contribution < 1.29 is 15.0 Å². The zero-order valence-corrected chi connectivity index (χ0v) is 10.5. The molecule has 94 valence electrons. The van der Waals surface area contributed by atoms with Gasteiger partial charge >= 0.3 is 0 Å². The Balaban J connectivity index is 2.15. The summed E-state index contributed by atoms with van der Waals surface area (Å²) in [6.45, 7) is 0.388. The van der Waals surface area contributed by atoms with Gasteiger partial charge in [0.05, 0.1) is 17.7 Å². The Morgan fingerprint density at radius 2 is 2.00 bits per heavy atom. The molecule has 0 fully saturated rings. The molecule has 0 atom stereocenters. The zero-order valence-electron chi connectivity index (χ0n) is 9.70. The fourth-order valence-electron chi connectivity index (χ4n) is 1.57. The third kappa shape index (κ3) is 2.78. The van der Waals surface area contributed by atoms with Gasteiger partial charge in [-0.2, -0.15) is 0 Å². The van der Waals surface area contributed by atoms with Crippen molar-refractivity contribution in [2.75, 3.05) is 7.05 Å². The number of amides is 1. The Kier molecular flexibility index (Phi) is 3.47. The minimum absolute atomic E-state index is 0.139. The van der Waals surface area contributed by atoms with Crippen molar-refractivity contribution in [3.8, 4) is 11.5 Å². The molecule has 0 saturated heterocycles. The number of rotatable bonds is 3. The summed E-state index contributed by atoms with van der Waals surface area (Å²) in [4.78, 5) is 17.6. The van der Waals surface area contributed by atoms with Crippen molar-refractivity contribution in [1.29, 1.82) is 0 Å². The van der Waals surface area contributed by atoms with E-state index < -0.39 is 0 Å².